The maximum Gasteiger partial charge on any atom is 0.344 e. The molecule has 1 aliphatic heterocycles. The van der Waals surface area contributed by atoms with Gasteiger partial charge >= 0.3 is 11.7 Å². The van der Waals surface area contributed by atoms with Crippen molar-refractivity contribution in [3.05, 3.63) is 115 Å². The predicted molar refractivity (Wildman–Crippen MR) is 178 cm³/mol. The second-order valence-corrected chi connectivity index (χ2v) is 13.2. The molecule has 4 heterocycles. The third-order valence-electron chi connectivity index (χ3n) is 8.91. The fourth-order valence-corrected chi connectivity index (χ4v) is 6.63. The third kappa shape index (κ3) is 4.58. The van der Waals surface area contributed by atoms with Crippen molar-refractivity contribution < 1.29 is 35.5 Å². The first-order valence-electron chi connectivity index (χ1n) is 15.2. The van der Waals surface area contributed by atoms with Crippen LogP contribution in [0.3, 0.4) is 0 Å². The molecular weight excluding hydrogens is 752 g/mol. The number of fused-ring (bicyclic) bond motifs is 5. The van der Waals surface area contributed by atoms with Crippen molar-refractivity contribution in [3.63, 3.8) is 0 Å². The van der Waals surface area contributed by atoms with Crippen LogP contribution in [0.15, 0.2) is 97.3 Å². The summed E-state index contributed by atoms with van der Waals surface area (Å²) in [5.41, 5.74) is 4.57. The van der Waals surface area contributed by atoms with Gasteiger partial charge in [0.1, 0.15) is 27.8 Å². The number of nitrogens with zero attached hydrogens (tertiary/aromatic N) is 4. The molecule has 7 heteroatoms. The minimum atomic E-state index is -0.549. The molecule has 0 saturated carbocycles. The number of para-hydroxylation sites is 1. The van der Waals surface area contributed by atoms with Crippen LogP contribution in [0.1, 0.15) is 45.9 Å². The number of aromatic nitrogens is 4. The fraction of sp³-hybridized carbons (Fsp3) is 0.179. The molecule has 0 spiro atoms. The van der Waals surface area contributed by atoms with Gasteiger partial charge in [-0.25, -0.2) is 4.57 Å². The fourth-order valence-electron chi connectivity index (χ4n) is 6.63. The van der Waals surface area contributed by atoms with Crippen LogP contribution in [-0.2, 0) is 32.0 Å². The topological polar surface area (TPSA) is 72.0 Å². The minimum Gasteiger partial charge on any atom is -0.507 e. The molecule has 7 aromatic rings. The minimum absolute atomic E-state index is 0. The average Bonchev–Trinajstić information content (AvgIpc) is 3.03. The molecule has 0 fully saturated rings. The van der Waals surface area contributed by atoms with E-state index in [1.807, 2.05) is 67.0 Å². The van der Waals surface area contributed by atoms with E-state index in [9.17, 15) is 5.11 Å². The van der Waals surface area contributed by atoms with Gasteiger partial charge in [0, 0.05) is 44.6 Å². The zero-order valence-corrected chi connectivity index (χ0v) is 28.5. The Labute approximate surface area is 282 Å². The number of pyridine rings is 2. The van der Waals surface area contributed by atoms with Gasteiger partial charge in [-0.2, -0.15) is 0 Å². The van der Waals surface area contributed by atoms with Crippen molar-refractivity contribution >= 4 is 32.4 Å². The Bertz CT molecular complexity index is 2340. The standard InChI is InChI=1S/C39H31N4O2.Pt/c1-38(2,3)26-20-25(34-28-11-7-6-10-23(28)16-18-40-34)21-27(22-26)45-37-29-12-8-9-13-30(29)43-36(42-37)33-31(44)15-14-24-17-19-41-35(32(24)33)39(43,4)5;/h6-20,22H,1-5H3;/q-1;/p+1. The number of hydrogen-bond acceptors (Lipinski definition) is 5. The van der Waals surface area contributed by atoms with Gasteiger partial charge in [0.25, 0.3) is 0 Å². The Hall–Kier alpha value is -4.67. The molecule has 46 heavy (non-hydrogen) atoms. The normalized spacial score (nSPS) is 13.4. The summed E-state index contributed by atoms with van der Waals surface area (Å²) in [6.45, 7) is 10.8. The van der Waals surface area contributed by atoms with Gasteiger partial charge < -0.3 is 14.8 Å². The number of phenolic OH excluding ortho intramolecular Hbond substituents is 1. The Kier molecular flexibility index (Phi) is 6.98. The van der Waals surface area contributed by atoms with Crippen LogP contribution in [0.2, 0.25) is 0 Å². The predicted octanol–water partition coefficient (Wildman–Crippen LogP) is 8.64. The van der Waals surface area contributed by atoms with Gasteiger partial charge in [-0.15, -0.1) is 17.2 Å². The average molecular weight is 784 g/mol. The van der Waals surface area contributed by atoms with E-state index in [1.54, 1.807) is 6.07 Å². The molecule has 0 atom stereocenters. The molecule has 0 amide bonds. The molecule has 0 unspecified atom stereocenters. The van der Waals surface area contributed by atoms with Gasteiger partial charge in [-0.05, 0) is 76.4 Å². The van der Waals surface area contributed by atoms with Crippen molar-refractivity contribution in [1.29, 1.82) is 0 Å². The van der Waals surface area contributed by atoms with E-state index in [1.165, 1.54) is 0 Å². The van der Waals surface area contributed by atoms with Crippen molar-refractivity contribution in [2.75, 3.05) is 0 Å². The molecule has 8 rings (SSSR count). The zero-order chi connectivity index (χ0) is 31.1. The van der Waals surface area contributed by atoms with Crippen LogP contribution >= 0.6 is 0 Å². The van der Waals surface area contributed by atoms with E-state index in [4.69, 9.17) is 19.7 Å². The quantitative estimate of drug-likeness (QED) is 0.144. The molecule has 0 saturated heterocycles. The maximum atomic E-state index is 11.3. The number of benzene rings is 4. The molecule has 4 aromatic carbocycles. The SMILES string of the molecule is CC(C)(C)c1cc(Oc2nc3[n+](c4ccccc24)C(C)(C)c2nccc4ccc(O)c-3c24)[c-]c(-c2nccc3ccccc23)c1.[Pt]. The second kappa shape index (κ2) is 10.7. The van der Waals surface area contributed by atoms with Gasteiger partial charge in [-0.3, -0.25) is 4.98 Å². The summed E-state index contributed by atoms with van der Waals surface area (Å²) in [6, 6.07) is 31.7. The van der Waals surface area contributed by atoms with Gasteiger partial charge in [0.05, 0.1) is 5.69 Å². The van der Waals surface area contributed by atoms with Crippen LogP contribution in [0, 0.1) is 6.07 Å². The molecule has 0 bridgehead atoms. The number of hydrogen-bond donors (Lipinski definition) is 1. The van der Waals surface area contributed by atoms with Crippen LogP contribution in [0.5, 0.6) is 17.4 Å². The first-order valence-corrected chi connectivity index (χ1v) is 15.2. The number of rotatable bonds is 3. The van der Waals surface area contributed by atoms with E-state index in [2.05, 4.69) is 69.5 Å². The van der Waals surface area contributed by atoms with Gasteiger partial charge in [0.15, 0.2) is 0 Å². The van der Waals surface area contributed by atoms with Crippen LogP contribution in [0.25, 0.3) is 55.1 Å². The summed E-state index contributed by atoms with van der Waals surface area (Å²) in [6.07, 6.45) is 3.67. The summed E-state index contributed by atoms with van der Waals surface area (Å²) in [7, 11) is 0. The molecular formula is C39H32N4O2Pt. The number of aromatic hydroxyl groups is 1. The van der Waals surface area contributed by atoms with Crippen molar-refractivity contribution in [2.45, 2.75) is 45.6 Å². The maximum absolute atomic E-state index is 11.3. The molecule has 1 aliphatic rings. The second-order valence-electron chi connectivity index (χ2n) is 13.2. The Morgan fingerprint density at radius 3 is 2.35 bits per heavy atom. The summed E-state index contributed by atoms with van der Waals surface area (Å²) >= 11 is 0. The Morgan fingerprint density at radius 1 is 0.826 bits per heavy atom. The van der Waals surface area contributed by atoms with Crippen molar-refractivity contribution in [2.24, 2.45) is 0 Å². The zero-order valence-electron chi connectivity index (χ0n) is 26.2. The van der Waals surface area contributed by atoms with E-state index in [0.29, 0.717) is 23.0 Å². The van der Waals surface area contributed by atoms with Crippen molar-refractivity contribution in [3.8, 4) is 40.0 Å². The van der Waals surface area contributed by atoms with Crippen molar-refractivity contribution in [1.82, 2.24) is 15.0 Å². The van der Waals surface area contributed by atoms with Crippen LogP contribution in [-0.4, -0.2) is 20.1 Å². The third-order valence-corrected chi connectivity index (χ3v) is 8.91. The number of phenols is 1. The number of ether oxygens (including phenoxy) is 1. The molecule has 1 N–H and O–H groups in total. The monoisotopic (exact) mass is 783 g/mol. The molecule has 230 valence electrons. The van der Waals surface area contributed by atoms with Gasteiger partial charge in [-0.1, -0.05) is 75.4 Å². The summed E-state index contributed by atoms with van der Waals surface area (Å²) in [5, 5.41) is 16.2. The summed E-state index contributed by atoms with van der Waals surface area (Å²) in [4.78, 5) is 14.8. The van der Waals surface area contributed by atoms with Crippen LogP contribution in [0.4, 0.5) is 0 Å². The molecule has 3 aromatic heterocycles. The van der Waals surface area contributed by atoms with E-state index in [-0.39, 0.29) is 32.2 Å². The molecule has 0 radical (unpaired) electrons. The summed E-state index contributed by atoms with van der Waals surface area (Å²) in [5.74, 6) is 1.77. The molecule has 6 nitrogen and oxygen atoms in total. The Morgan fingerprint density at radius 2 is 1.54 bits per heavy atom. The first kappa shape index (κ1) is 30.0. The van der Waals surface area contributed by atoms with E-state index in [0.717, 1.165) is 55.0 Å². The van der Waals surface area contributed by atoms with Gasteiger partial charge in [0.2, 0.25) is 0 Å². The first-order chi connectivity index (χ1) is 21.6. The summed E-state index contributed by atoms with van der Waals surface area (Å²) < 4.78 is 8.92. The van der Waals surface area contributed by atoms with E-state index < -0.39 is 5.54 Å². The Balaban J connectivity index is 0.00000338. The van der Waals surface area contributed by atoms with E-state index >= 15 is 0 Å². The molecule has 0 aliphatic carbocycles. The van der Waals surface area contributed by atoms with Crippen LogP contribution < -0.4 is 9.30 Å². The largest absolute Gasteiger partial charge is 0.507 e. The smallest absolute Gasteiger partial charge is 0.344 e.